The second-order valence-corrected chi connectivity index (χ2v) is 7.07. The molecule has 1 saturated carbocycles. The Bertz CT molecular complexity index is 647. The molecule has 24 heavy (non-hydrogen) atoms. The van der Waals surface area contributed by atoms with Gasteiger partial charge in [-0.3, -0.25) is 0 Å². The van der Waals surface area contributed by atoms with Crippen LogP contribution in [-0.2, 0) is 11.3 Å². The molecule has 1 aliphatic rings. The standard InChI is InChI=1S/C19H28N4O/c1-6-21-17(22-13-15-9-7-8-14(10-15)12-20)23-16-11-19(4,24-5)18(16,2)3/h7-10,16H,6,11,13H2,1-5H3,(H2,21,22,23). The monoisotopic (exact) mass is 328 g/mol. The molecule has 1 aromatic rings. The molecule has 0 saturated heterocycles. The second kappa shape index (κ2) is 7.23. The van der Waals surface area contributed by atoms with E-state index >= 15 is 0 Å². The molecule has 2 rings (SSSR count). The number of aliphatic imine (C=N–C) groups is 1. The van der Waals surface area contributed by atoms with Crippen molar-refractivity contribution in [2.45, 2.75) is 52.3 Å². The Balaban J connectivity index is 2.06. The summed E-state index contributed by atoms with van der Waals surface area (Å²) in [5.74, 6) is 0.802. The number of rotatable bonds is 5. The predicted molar refractivity (Wildman–Crippen MR) is 96.7 cm³/mol. The number of guanidine groups is 1. The fourth-order valence-corrected chi connectivity index (χ4v) is 3.12. The first-order valence-electron chi connectivity index (χ1n) is 8.45. The Morgan fingerprint density at radius 2 is 2.17 bits per heavy atom. The van der Waals surface area contributed by atoms with Crippen LogP contribution in [0.15, 0.2) is 29.3 Å². The summed E-state index contributed by atoms with van der Waals surface area (Å²) < 4.78 is 5.68. The maximum Gasteiger partial charge on any atom is 0.191 e. The molecule has 2 unspecified atom stereocenters. The van der Waals surface area contributed by atoms with Crippen molar-refractivity contribution in [2.24, 2.45) is 10.4 Å². The third-order valence-corrected chi connectivity index (χ3v) is 5.41. The molecule has 1 fully saturated rings. The van der Waals surface area contributed by atoms with E-state index in [1.807, 2.05) is 18.2 Å². The number of benzene rings is 1. The summed E-state index contributed by atoms with van der Waals surface area (Å²) in [5.41, 5.74) is 1.61. The minimum absolute atomic E-state index is 0.0265. The van der Waals surface area contributed by atoms with Crippen molar-refractivity contribution in [2.75, 3.05) is 13.7 Å². The molecule has 1 aromatic carbocycles. The van der Waals surface area contributed by atoms with E-state index in [-0.39, 0.29) is 11.0 Å². The van der Waals surface area contributed by atoms with Gasteiger partial charge in [0.25, 0.3) is 0 Å². The predicted octanol–water partition coefficient (Wildman–Crippen LogP) is 2.82. The molecule has 0 amide bonds. The quantitative estimate of drug-likeness (QED) is 0.644. The highest BCUT2D eigenvalue weighted by Crippen LogP contribution is 2.51. The zero-order valence-corrected chi connectivity index (χ0v) is 15.3. The Hall–Kier alpha value is -2.06. The highest BCUT2D eigenvalue weighted by Gasteiger charge is 2.58. The van der Waals surface area contributed by atoms with Crippen molar-refractivity contribution >= 4 is 5.96 Å². The number of nitriles is 1. The summed E-state index contributed by atoms with van der Waals surface area (Å²) in [5, 5.41) is 15.8. The van der Waals surface area contributed by atoms with E-state index in [0.29, 0.717) is 18.2 Å². The van der Waals surface area contributed by atoms with E-state index in [1.165, 1.54) is 0 Å². The highest BCUT2D eigenvalue weighted by atomic mass is 16.5. The summed E-state index contributed by atoms with van der Waals surface area (Å²) in [4.78, 5) is 4.66. The van der Waals surface area contributed by atoms with Gasteiger partial charge in [0.2, 0.25) is 0 Å². The molecule has 2 atom stereocenters. The molecule has 0 heterocycles. The van der Waals surface area contributed by atoms with Crippen LogP contribution in [-0.4, -0.2) is 31.3 Å². The van der Waals surface area contributed by atoms with Gasteiger partial charge in [0.1, 0.15) is 0 Å². The fourth-order valence-electron chi connectivity index (χ4n) is 3.12. The van der Waals surface area contributed by atoms with Crippen molar-refractivity contribution in [1.82, 2.24) is 10.6 Å². The summed E-state index contributed by atoms with van der Waals surface area (Å²) in [6.45, 7) is 9.99. The SMILES string of the molecule is CCNC(=NCc1cccc(C#N)c1)NC1CC(C)(OC)C1(C)C. The van der Waals surface area contributed by atoms with Crippen molar-refractivity contribution in [3.05, 3.63) is 35.4 Å². The van der Waals surface area contributed by atoms with Gasteiger partial charge >= 0.3 is 0 Å². The normalized spacial score (nSPS) is 25.5. The molecule has 130 valence electrons. The van der Waals surface area contributed by atoms with Crippen LogP contribution in [0.1, 0.15) is 45.2 Å². The number of nitrogens with zero attached hydrogens (tertiary/aromatic N) is 2. The maximum atomic E-state index is 8.99. The molecular weight excluding hydrogens is 300 g/mol. The van der Waals surface area contributed by atoms with Crippen LogP contribution in [0.3, 0.4) is 0 Å². The minimum atomic E-state index is -0.108. The summed E-state index contributed by atoms with van der Waals surface area (Å²) in [6.07, 6.45) is 0.949. The van der Waals surface area contributed by atoms with Gasteiger partial charge in [-0.1, -0.05) is 26.0 Å². The van der Waals surface area contributed by atoms with E-state index < -0.39 is 0 Å². The van der Waals surface area contributed by atoms with Gasteiger partial charge in [-0.25, -0.2) is 4.99 Å². The van der Waals surface area contributed by atoms with Crippen molar-refractivity contribution < 1.29 is 4.74 Å². The highest BCUT2D eigenvalue weighted by molar-refractivity contribution is 5.80. The number of ether oxygens (including phenoxy) is 1. The lowest BCUT2D eigenvalue weighted by atomic mass is 9.56. The number of hydrogen-bond acceptors (Lipinski definition) is 3. The van der Waals surface area contributed by atoms with Crippen LogP contribution in [0, 0.1) is 16.7 Å². The number of methoxy groups -OCH3 is 1. The van der Waals surface area contributed by atoms with Gasteiger partial charge in [0.05, 0.1) is 23.8 Å². The zero-order valence-electron chi connectivity index (χ0n) is 15.3. The van der Waals surface area contributed by atoms with Crippen LogP contribution in [0.2, 0.25) is 0 Å². The molecule has 5 nitrogen and oxygen atoms in total. The fraction of sp³-hybridized carbons (Fsp3) is 0.579. The van der Waals surface area contributed by atoms with Crippen LogP contribution in [0.4, 0.5) is 0 Å². The van der Waals surface area contributed by atoms with Crippen LogP contribution >= 0.6 is 0 Å². The van der Waals surface area contributed by atoms with Gasteiger partial charge in [0, 0.05) is 25.1 Å². The molecule has 0 aromatic heterocycles. The Morgan fingerprint density at radius 1 is 1.42 bits per heavy atom. The molecule has 0 bridgehead atoms. The topological polar surface area (TPSA) is 69.4 Å². The molecule has 0 radical (unpaired) electrons. The molecule has 0 spiro atoms. The lowest BCUT2D eigenvalue weighted by molar-refractivity contribution is -0.176. The summed E-state index contributed by atoms with van der Waals surface area (Å²) in [7, 11) is 1.78. The molecule has 1 aliphatic carbocycles. The van der Waals surface area contributed by atoms with Gasteiger partial charge < -0.3 is 15.4 Å². The van der Waals surface area contributed by atoms with Gasteiger partial charge in [-0.15, -0.1) is 0 Å². The minimum Gasteiger partial charge on any atom is -0.378 e. The lowest BCUT2D eigenvalue weighted by Crippen LogP contribution is -2.69. The smallest absolute Gasteiger partial charge is 0.191 e. The summed E-state index contributed by atoms with van der Waals surface area (Å²) in [6, 6.07) is 10.0. The molecular formula is C19H28N4O. The first-order valence-corrected chi connectivity index (χ1v) is 8.45. The largest absolute Gasteiger partial charge is 0.378 e. The Kier molecular flexibility index (Phi) is 5.51. The third-order valence-electron chi connectivity index (χ3n) is 5.41. The van der Waals surface area contributed by atoms with E-state index in [9.17, 15) is 0 Å². The number of hydrogen-bond donors (Lipinski definition) is 2. The molecule has 0 aliphatic heterocycles. The first-order chi connectivity index (χ1) is 11.4. The van der Waals surface area contributed by atoms with E-state index in [1.54, 1.807) is 13.2 Å². The van der Waals surface area contributed by atoms with E-state index in [4.69, 9.17) is 10.00 Å². The van der Waals surface area contributed by atoms with Crippen molar-refractivity contribution in [1.29, 1.82) is 5.26 Å². The van der Waals surface area contributed by atoms with Crippen molar-refractivity contribution in [3.8, 4) is 6.07 Å². The van der Waals surface area contributed by atoms with Gasteiger partial charge in [-0.2, -0.15) is 5.26 Å². The van der Waals surface area contributed by atoms with Crippen molar-refractivity contribution in [3.63, 3.8) is 0 Å². The molecule has 5 heteroatoms. The average Bonchev–Trinajstić information content (AvgIpc) is 2.59. The van der Waals surface area contributed by atoms with Gasteiger partial charge in [-0.05, 0) is 38.0 Å². The molecule has 2 N–H and O–H groups in total. The van der Waals surface area contributed by atoms with Crippen LogP contribution in [0.5, 0.6) is 0 Å². The van der Waals surface area contributed by atoms with Crippen LogP contribution in [0.25, 0.3) is 0 Å². The Labute approximate surface area is 145 Å². The van der Waals surface area contributed by atoms with Crippen LogP contribution < -0.4 is 10.6 Å². The maximum absolute atomic E-state index is 8.99. The zero-order chi connectivity index (χ0) is 17.8. The van der Waals surface area contributed by atoms with Gasteiger partial charge in [0.15, 0.2) is 5.96 Å². The number of nitrogens with one attached hydrogen (secondary N) is 2. The first kappa shape index (κ1) is 18.3. The lowest BCUT2D eigenvalue weighted by Gasteiger charge is -2.59. The Morgan fingerprint density at radius 3 is 2.75 bits per heavy atom. The third kappa shape index (κ3) is 3.54. The summed E-state index contributed by atoms with van der Waals surface area (Å²) >= 11 is 0. The van der Waals surface area contributed by atoms with E-state index in [0.717, 1.165) is 24.5 Å². The average molecular weight is 328 g/mol. The second-order valence-electron chi connectivity index (χ2n) is 7.07. The van der Waals surface area contributed by atoms with E-state index in [2.05, 4.69) is 49.4 Å².